The first-order valence-electron chi connectivity index (χ1n) is 8.33. The van der Waals surface area contributed by atoms with Gasteiger partial charge in [0, 0.05) is 30.8 Å². The minimum absolute atomic E-state index is 0. The van der Waals surface area contributed by atoms with Crippen LogP contribution in [0.15, 0.2) is 47.3 Å². The SMILES string of the molecule is Cl.Fc1ccc(-c2nnn3c2COC2CN(Cc4ccoc4)CC23)cc1. The van der Waals surface area contributed by atoms with Crippen LogP contribution in [-0.4, -0.2) is 39.1 Å². The predicted molar refractivity (Wildman–Crippen MR) is 94.3 cm³/mol. The quantitative estimate of drug-likeness (QED) is 0.703. The first-order chi connectivity index (χ1) is 12.3. The van der Waals surface area contributed by atoms with Gasteiger partial charge in [0.2, 0.25) is 0 Å². The van der Waals surface area contributed by atoms with E-state index in [2.05, 4.69) is 15.2 Å². The number of fused-ring (bicyclic) bond motifs is 3. The number of likely N-dealkylation sites (tertiary alicyclic amines) is 1. The normalized spacial score (nSPS) is 21.9. The molecule has 0 bridgehead atoms. The van der Waals surface area contributed by atoms with Gasteiger partial charge < -0.3 is 9.15 Å². The molecule has 2 aliphatic rings. The maximum atomic E-state index is 13.2. The minimum atomic E-state index is -0.258. The summed E-state index contributed by atoms with van der Waals surface area (Å²) < 4.78 is 26.4. The Balaban J connectivity index is 0.00000168. The number of ether oxygens (including phenoxy) is 1. The monoisotopic (exact) mass is 376 g/mol. The molecule has 2 unspecified atom stereocenters. The molecule has 1 fully saturated rings. The largest absolute Gasteiger partial charge is 0.472 e. The van der Waals surface area contributed by atoms with Crippen molar-refractivity contribution in [3.8, 4) is 11.3 Å². The lowest BCUT2D eigenvalue weighted by atomic mass is 10.1. The van der Waals surface area contributed by atoms with Gasteiger partial charge in [-0.1, -0.05) is 5.21 Å². The van der Waals surface area contributed by atoms with Gasteiger partial charge in [-0.05, 0) is 30.3 Å². The molecule has 0 saturated carbocycles. The van der Waals surface area contributed by atoms with Crippen LogP contribution in [0.3, 0.4) is 0 Å². The summed E-state index contributed by atoms with van der Waals surface area (Å²) in [4.78, 5) is 2.34. The number of hydrogen-bond donors (Lipinski definition) is 0. The maximum absolute atomic E-state index is 13.2. The van der Waals surface area contributed by atoms with E-state index in [-0.39, 0.29) is 30.4 Å². The van der Waals surface area contributed by atoms with Gasteiger partial charge in [-0.25, -0.2) is 9.07 Å². The van der Waals surface area contributed by atoms with Crippen molar-refractivity contribution in [1.82, 2.24) is 19.9 Å². The summed E-state index contributed by atoms with van der Waals surface area (Å²) in [5, 5.41) is 8.71. The minimum Gasteiger partial charge on any atom is -0.472 e. The van der Waals surface area contributed by atoms with E-state index < -0.39 is 0 Å². The Morgan fingerprint density at radius 1 is 1.15 bits per heavy atom. The summed E-state index contributed by atoms with van der Waals surface area (Å²) in [5.41, 5.74) is 3.74. The van der Waals surface area contributed by atoms with Gasteiger partial charge in [0.25, 0.3) is 0 Å². The average Bonchev–Trinajstić information content (AvgIpc) is 3.33. The lowest BCUT2D eigenvalue weighted by Gasteiger charge is -2.26. The zero-order valence-corrected chi connectivity index (χ0v) is 14.7. The average molecular weight is 377 g/mol. The van der Waals surface area contributed by atoms with Crippen LogP contribution < -0.4 is 0 Å². The lowest BCUT2D eigenvalue weighted by molar-refractivity contribution is -0.00494. The number of halogens is 2. The molecule has 6 nitrogen and oxygen atoms in total. The molecule has 2 aliphatic heterocycles. The zero-order chi connectivity index (χ0) is 16.8. The Morgan fingerprint density at radius 3 is 2.77 bits per heavy atom. The van der Waals surface area contributed by atoms with Crippen LogP contribution in [-0.2, 0) is 17.9 Å². The highest BCUT2D eigenvalue weighted by molar-refractivity contribution is 5.85. The van der Waals surface area contributed by atoms with Crippen molar-refractivity contribution in [1.29, 1.82) is 0 Å². The Bertz CT molecular complexity index is 881. The highest BCUT2D eigenvalue weighted by atomic mass is 35.5. The molecular formula is C18H18ClFN4O2. The van der Waals surface area contributed by atoms with Gasteiger partial charge in [-0.2, -0.15) is 0 Å². The molecule has 0 amide bonds. The Labute approximate surface area is 156 Å². The molecule has 0 aliphatic carbocycles. The van der Waals surface area contributed by atoms with Crippen LogP contribution in [0.4, 0.5) is 4.39 Å². The number of nitrogens with zero attached hydrogens (tertiary/aromatic N) is 4. The third kappa shape index (κ3) is 2.92. The molecule has 1 saturated heterocycles. The third-order valence-corrected chi connectivity index (χ3v) is 4.96. The Morgan fingerprint density at radius 2 is 2.00 bits per heavy atom. The second kappa shape index (κ2) is 6.83. The van der Waals surface area contributed by atoms with Crippen molar-refractivity contribution >= 4 is 12.4 Å². The van der Waals surface area contributed by atoms with Crippen LogP contribution in [0.1, 0.15) is 17.3 Å². The van der Waals surface area contributed by atoms with E-state index in [9.17, 15) is 4.39 Å². The summed E-state index contributed by atoms with van der Waals surface area (Å²) in [5.74, 6) is -0.258. The molecule has 136 valence electrons. The summed E-state index contributed by atoms with van der Waals surface area (Å²) in [6.07, 6.45) is 3.58. The van der Waals surface area contributed by atoms with E-state index in [1.165, 1.54) is 12.1 Å². The summed E-state index contributed by atoms with van der Waals surface area (Å²) in [6, 6.07) is 8.47. The fourth-order valence-electron chi connectivity index (χ4n) is 3.73. The standard InChI is InChI=1S/C18H17FN4O2.ClH/c19-14-3-1-13(2-4-14)18-16-11-25-17-9-22(7-12-5-6-24-10-12)8-15(17)23(16)21-20-18;/h1-6,10,15,17H,7-9,11H2;1H. The van der Waals surface area contributed by atoms with Crippen LogP contribution in [0.25, 0.3) is 11.3 Å². The molecule has 1 aromatic carbocycles. The topological polar surface area (TPSA) is 56.3 Å². The van der Waals surface area contributed by atoms with Gasteiger partial charge >= 0.3 is 0 Å². The molecule has 0 radical (unpaired) electrons. The van der Waals surface area contributed by atoms with E-state index in [0.717, 1.165) is 42.1 Å². The predicted octanol–water partition coefficient (Wildman–Crippen LogP) is 3.05. The second-order valence-corrected chi connectivity index (χ2v) is 6.58. The fraction of sp³-hybridized carbons (Fsp3) is 0.333. The maximum Gasteiger partial charge on any atom is 0.123 e. The van der Waals surface area contributed by atoms with Crippen molar-refractivity contribution in [2.24, 2.45) is 0 Å². The number of benzene rings is 1. The Kier molecular flexibility index (Phi) is 4.52. The third-order valence-electron chi connectivity index (χ3n) is 4.96. The number of rotatable bonds is 3. The van der Waals surface area contributed by atoms with Crippen molar-refractivity contribution in [3.63, 3.8) is 0 Å². The van der Waals surface area contributed by atoms with Crippen LogP contribution >= 0.6 is 12.4 Å². The number of aromatic nitrogens is 3. The molecule has 3 aromatic rings. The van der Waals surface area contributed by atoms with Crippen molar-refractivity contribution < 1.29 is 13.5 Å². The molecule has 5 rings (SSSR count). The van der Waals surface area contributed by atoms with Gasteiger partial charge in [-0.15, -0.1) is 17.5 Å². The van der Waals surface area contributed by atoms with Gasteiger partial charge in [-0.3, -0.25) is 4.90 Å². The summed E-state index contributed by atoms with van der Waals surface area (Å²) >= 11 is 0. The van der Waals surface area contributed by atoms with E-state index in [1.54, 1.807) is 24.7 Å². The lowest BCUT2D eigenvalue weighted by Crippen LogP contribution is -2.32. The summed E-state index contributed by atoms with van der Waals surface area (Å²) in [6.45, 7) is 3.03. The first-order valence-corrected chi connectivity index (χ1v) is 8.33. The number of hydrogen-bond acceptors (Lipinski definition) is 5. The van der Waals surface area contributed by atoms with E-state index in [1.807, 2.05) is 10.7 Å². The molecule has 4 heterocycles. The molecule has 26 heavy (non-hydrogen) atoms. The smallest absolute Gasteiger partial charge is 0.123 e. The van der Waals surface area contributed by atoms with Gasteiger partial charge in [0.05, 0.1) is 37.0 Å². The molecule has 2 atom stereocenters. The van der Waals surface area contributed by atoms with Gasteiger partial charge in [0.1, 0.15) is 11.5 Å². The molecule has 0 N–H and O–H groups in total. The van der Waals surface area contributed by atoms with Crippen LogP contribution in [0.5, 0.6) is 0 Å². The van der Waals surface area contributed by atoms with Crippen LogP contribution in [0, 0.1) is 5.82 Å². The van der Waals surface area contributed by atoms with Crippen molar-refractivity contribution in [2.45, 2.75) is 25.3 Å². The van der Waals surface area contributed by atoms with Crippen LogP contribution in [0.2, 0.25) is 0 Å². The highest BCUT2D eigenvalue weighted by Gasteiger charge is 2.40. The van der Waals surface area contributed by atoms with Crippen molar-refractivity contribution in [3.05, 3.63) is 59.9 Å². The number of furan rings is 1. The second-order valence-electron chi connectivity index (χ2n) is 6.58. The molecule has 2 aromatic heterocycles. The zero-order valence-electron chi connectivity index (χ0n) is 13.9. The molecule has 8 heteroatoms. The fourth-order valence-corrected chi connectivity index (χ4v) is 3.73. The van der Waals surface area contributed by atoms with E-state index in [0.29, 0.717) is 6.61 Å². The molecular weight excluding hydrogens is 359 g/mol. The molecule has 0 spiro atoms. The first kappa shape index (κ1) is 17.2. The van der Waals surface area contributed by atoms with E-state index >= 15 is 0 Å². The summed E-state index contributed by atoms with van der Waals surface area (Å²) in [7, 11) is 0. The van der Waals surface area contributed by atoms with Crippen molar-refractivity contribution in [2.75, 3.05) is 13.1 Å². The Hall–Kier alpha value is -2.22. The van der Waals surface area contributed by atoms with E-state index in [4.69, 9.17) is 9.15 Å². The highest BCUT2D eigenvalue weighted by Crippen LogP contribution is 2.34. The van der Waals surface area contributed by atoms with Gasteiger partial charge in [0.15, 0.2) is 0 Å².